The average Bonchev–Trinajstić information content (AvgIpc) is 2.81. The molecule has 3 fully saturated rings. The highest BCUT2D eigenvalue weighted by atomic mass is 35.5. The lowest BCUT2D eigenvalue weighted by Gasteiger charge is -2.30. The maximum atomic E-state index is 12.7. The molecule has 2 bridgehead atoms. The molecule has 0 radical (unpaired) electrons. The second-order valence-electron chi connectivity index (χ2n) is 7.63. The van der Waals surface area contributed by atoms with Crippen LogP contribution in [0.25, 0.3) is 0 Å². The van der Waals surface area contributed by atoms with E-state index in [0.717, 1.165) is 58.0 Å². The summed E-state index contributed by atoms with van der Waals surface area (Å²) in [6, 6.07) is 0.701. The predicted octanol–water partition coefficient (Wildman–Crippen LogP) is 2.24. The third kappa shape index (κ3) is 4.63. The molecule has 2 N–H and O–H groups in total. The lowest BCUT2D eigenvalue weighted by molar-refractivity contribution is -0.134. The number of nitrogens with one attached hydrogen (secondary N) is 2. The quantitative estimate of drug-likeness (QED) is 0.811. The molecule has 0 aromatic heterocycles. The van der Waals surface area contributed by atoms with Gasteiger partial charge in [-0.2, -0.15) is 0 Å². The summed E-state index contributed by atoms with van der Waals surface area (Å²) in [7, 11) is 0. The minimum absolute atomic E-state index is 0. The van der Waals surface area contributed by atoms with E-state index in [-0.39, 0.29) is 36.2 Å². The fraction of sp³-hybridized carbons (Fsp3) is 0.889. The largest absolute Gasteiger partial charge is 0.353 e. The Morgan fingerprint density at radius 2 is 1.79 bits per heavy atom. The first-order valence-electron chi connectivity index (χ1n) is 9.47. The summed E-state index contributed by atoms with van der Waals surface area (Å²) in [4.78, 5) is 27.2. The highest BCUT2D eigenvalue weighted by Gasteiger charge is 2.38. The van der Waals surface area contributed by atoms with E-state index < -0.39 is 0 Å². The molecule has 5 nitrogen and oxygen atoms in total. The first-order valence-corrected chi connectivity index (χ1v) is 9.47. The third-order valence-corrected chi connectivity index (χ3v) is 5.79. The van der Waals surface area contributed by atoms with Gasteiger partial charge in [-0.1, -0.05) is 19.3 Å². The molecule has 138 valence electrons. The van der Waals surface area contributed by atoms with Gasteiger partial charge in [-0.05, 0) is 45.6 Å². The number of carbonyl (C=O) groups excluding carboxylic acids is 2. The number of hydrogen-bond donors (Lipinski definition) is 2. The molecule has 0 spiro atoms. The molecule has 3 unspecified atom stereocenters. The van der Waals surface area contributed by atoms with Crippen molar-refractivity contribution < 1.29 is 9.59 Å². The molecule has 3 aliphatic rings. The first kappa shape index (κ1) is 19.5. The lowest BCUT2D eigenvalue weighted by atomic mass is 9.88. The van der Waals surface area contributed by atoms with Gasteiger partial charge in [0.25, 0.3) is 0 Å². The zero-order valence-electron chi connectivity index (χ0n) is 14.8. The third-order valence-electron chi connectivity index (χ3n) is 5.79. The van der Waals surface area contributed by atoms with Crippen LogP contribution in [0.2, 0.25) is 0 Å². The molecule has 2 aliphatic heterocycles. The van der Waals surface area contributed by atoms with Gasteiger partial charge in [-0.3, -0.25) is 9.59 Å². The van der Waals surface area contributed by atoms with Crippen LogP contribution in [-0.4, -0.2) is 47.9 Å². The first-order chi connectivity index (χ1) is 11.1. The second-order valence-corrected chi connectivity index (χ2v) is 7.63. The Morgan fingerprint density at radius 3 is 2.54 bits per heavy atom. The minimum atomic E-state index is -0.0625. The van der Waals surface area contributed by atoms with E-state index in [0.29, 0.717) is 18.5 Å². The summed E-state index contributed by atoms with van der Waals surface area (Å²) in [6.07, 6.45) is 9.35. The monoisotopic (exact) mass is 357 g/mol. The van der Waals surface area contributed by atoms with E-state index in [1.165, 1.54) is 6.42 Å². The van der Waals surface area contributed by atoms with Crippen LogP contribution >= 0.6 is 12.4 Å². The summed E-state index contributed by atoms with van der Waals surface area (Å²) >= 11 is 0. The van der Waals surface area contributed by atoms with Gasteiger partial charge in [0, 0.05) is 37.0 Å². The van der Waals surface area contributed by atoms with Crippen LogP contribution in [0.3, 0.4) is 0 Å². The van der Waals surface area contributed by atoms with Crippen molar-refractivity contribution in [1.82, 2.24) is 15.5 Å². The molecule has 2 heterocycles. The van der Waals surface area contributed by atoms with Gasteiger partial charge in [-0.15, -0.1) is 12.4 Å². The van der Waals surface area contributed by atoms with E-state index in [9.17, 15) is 9.59 Å². The molecular formula is C18H32ClN3O2. The van der Waals surface area contributed by atoms with Gasteiger partial charge in [0.1, 0.15) is 0 Å². The summed E-state index contributed by atoms with van der Waals surface area (Å²) < 4.78 is 0. The topological polar surface area (TPSA) is 61.4 Å². The maximum absolute atomic E-state index is 12.7. The Hall–Kier alpha value is -0.810. The van der Waals surface area contributed by atoms with Crippen molar-refractivity contribution in [3.63, 3.8) is 0 Å². The van der Waals surface area contributed by atoms with Gasteiger partial charge in [0.2, 0.25) is 11.8 Å². The van der Waals surface area contributed by atoms with E-state index in [2.05, 4.69) is 15.5 Å². The molecule has 1 saturated carbocycles. The molecule has 3 atom stereocenters. The highest BCUT2D eigenvalue weighted by Crippen LogP contribution is 2.29. The van der Waals surface area contributed by atoms with Crippen molar-refractivity contribution in [2.75, 3.05) is 13.1 Å². The van der Waals surface area contributed by atoms with Gasteiger partial charge in [-0.25, -0.2) is 0 Å². The summed E-state index contributed by atoms with van der Waals surface area (Å²) in [5, 5.41) is 6.51. The zero-order chi connectivity index (χ0) is 16.2. The Bertz CT molecular complexity index is 426. The number of hydrogen-bond acceptors (Lipinski definition) is 3. The predicted molar refractivity (Wildman–Crippen MR) is 97.2 cm³/mol. The van der Waals surface area contributed by atoms with E-state index in [1.807, 2.05) is 6.92 Å². The molecule has 1 aliphatic carbocycles. The van der Waals surface area contributed by atoms with Gasteiger partial charge < -0.3 is 15.5 Å². The number of rotatable bonds is 4. The smallest absolute Gasteiger partial charge is 0.225 e. The number of nitrogens with zero attached hydrogens (tertiary/aromatic N) is 1. The van der Waals surface area contributed by atoms with Crippen molar-refractivity contribution in [2.45, 2.75) is 82.8 Å². The number of carbonyl (C=O) groups is 2. The van der Waals surface area contributed by atoms with E-state index in [1.54, 1.807) is 0 Å². The van der Waals surface area contributed by atoms with Crippen molar-refractivity contribution in [1.29, 1.82) is 0 Å². The van der Waals surface area contributed by atoms with Crippen LogP contribution in [0.1, 0.15) is 64.7 Å². The Balaban J connectivity index is 0.00000208. The van der Waals surface area contributed by atoms with Gasteiger partial charge in [0.15, 0.2) is 0 Å². The van der Waals surface area contributed by atoms with E-state index in [4.69, 9.17) is 0 Å². The van der Waals surface area contributed by atoms with Crippen molar-refractivity contribution in [2.24, 2.45) is 5.92 Å². The van der Waals surface area contributed by atoms with Crippen LogP contribution in [0, 0.1) is 5.92 Å². The van der Waals surface area contributed by atoms with E-state index >= 15 is 0 Å². The van der Waals surface area contributed by atoms with Crippen LogP contribution in [0.15, 0.2) is 0 Å². The maximum Gasteiger partial charge on any atom is 0.225 e. The normalized spacial score (nSPS) is 28.6. The number of amides is 2. The van der Waals surface area contributed by atoms with Crippen LogP contribution in [-0.2, 0) is 9.59 Å². The van der Waals surface area contributed by atoms with Gasteiger partial charge >= 0.3 is 0 Å². The van der Waals surface area contributed by atoms with Crippen molar-refractivity contribution in [3.8, 4) is 0 Å². The molecule has 2 amide bonds. The standard InChI is InChI=1S/C18H31N3O2.ClH/c1-13(20-18(23)14-5-3-2-4-6-14)11-17(22)21-15-7-8-16(21)12-19-10-9-15;/h13-16,19H,2-12H2,1H3,(H,20,23);1H. The number of halogens is 1. The average molecular weight is 358 g/mol. The minimum Gasteiger partial charge on any atom is -0.353 e. The SMILES string of the molecule is CC(CC(=O)N1C2CCNCC1CC2)NC(=O)C1CCCCC1.Cl. The lowest BCUT2D eigenvalue weighted by Crippen LogP contribution is -2.46. The summed E-state index contributed by atoms with van der Waals surface area (Å²) in [5.41, 5.74) is 0. The molecule has 0 aromatic rings. The molecular weight excluding hydrogens is 326 g/mol. The van der Waals surface area contributed by atoms with Crippen LogP contribution in [0.5, 0.6) is 0 Å². The Labute approximate surface area is 151 Å². The Morgan fingerprint density at radius 1 is 1.08 bits per heavy atom. The molecule has 0 aromatic carbocycles. The molecule has 6 heteroatoms. The molecule has 3 rings (SSSR count). The summed E-state index contributed by atoms with van der Waals surface area (Å²) in [5.74, 6) is 0.544. The molecule has 24 heavy (non-hydrogen) atoms. The van der Waals surface area contributed by atoms with Crippen LogP contribution in [0.4, 0.5) is 0 Å². The molecule has 2 saturated heterocycles. The Kier molecular flexibility index (Phi) is 7.35. The van der Waals surface area contributed by atoms with Crippen molar-refractivity contribution in [3.05, 3.63) is 0 Å². The summed E-state index contributed by atoms with van der Waals surface area (Å²) in [6.45, 7) is 3.90. The van der Waals surface area contributed by atoms with Crippen molar-refractivity contribution >= 4 is 24.2 Å². The van der Waals surface area contributed by atoms with Gasteiger partial charge in [0.05, 0.1) is 0 Å². The van der Waals surface area contributed by atoms with Crippen LogP contribution < -0.4 is 10.6 Å². The fourth-order valence-corrected chi connectivity index (χ4v) is 4.53. The highest BCUT2D eigenvalue weighted by molar-refractivity contribution is 5.85. The zero-order valence-corrected chi connectivity index (χ0v) is 15.6. The second kappa shape index (κ2) is 9.04. The fourth-order valence-electron chi connectivity index (χ4n) is 4.53. The number of fused-ring (bicyclic) bond motifs is 2.